The van der Waals surface area contributed by atoms with Crippen molar-refractivity contribution in [2.24, 2.45) is 0 Å². The van der Waals surface area contributed by atoms with Crippen molar-refractivity contribution in [3.05, 3.63) is 22.4 Å². The Labute approximate surface area is 92.4 Å². The summed E-state index contributed by atoms with van der Waals surface area (Å²) in [6, 6.07) is 2.09. The number of hydrogen-bond donors (Lipinski definition) is 1. The molecule has 2 aliphatic heterocycles. The zero-order valence-electron chi connectivity index (χ0n) is 8.31. The second kappa shape index (κ2) is 3.61. The minimum absolute atomic E-state index is 0.0393. The fraction of sp³-hybridized carbons (Fsp3) is 0.545. The van der Waals surface area contributed by atoms with Gasteiger partial charge in [0.1, 0.15) is 0 Å². The zero-order valence-corrected chi connectivity index (χ0v) is 9.13. The van der Waals surface area contributed by atoms with Crippen LogP contribution in [0.5, 0.6) is 0 Å². The maximum absolute atomic E-state index is 11.8. The van der Waals surface area contributed by atoms with Gasteiger partial charge in [0.05, 0.1) is 18.2 Å². The summed E-state index contributed by atoms with van der Waals surface area (Å²) in [5, 5.41) is 6.86. The lowest BCUT2D eigenvalue weighted by Gasteiger charge is -2.19. The highest BCUT2D eigenvalue weighted by Gasteiger charge is 2.41. The van der Waals surface area contributed by atoms with E-state index >= 15 is 0 Å². The molecule has 15 heavy (non-hydrogen) atoms. The summed E-state index contributed by atoms with van der Waals surface area (Å²) in [6.07, 6.45) is 3.90. The Kier molecular flexibility index (Phi) is 2.25. The van der Waals surface area contributed by atoms with Crippen LogP contribution in [0.2, 0.25) is 0 Å². The SMILES string of the molecule is O=C(N[C@@H]1C[C@@H]2CC[C@H]1O2)c1ccsc1. The molecule has 1 aromatic rings. The number of thiophene rings is 1. The topological polar surface area (TPSA) is 38.3 Å². The van der Waals surface area contributed by atoms with Crippen LogP contribution < -0.4 is 5.32 Å². The first-order chi connectivity index (χ1) is 7.33. The van der Waals surface area contributed by atoms with Crippen molar-refractivity contribution < 1.29 is 9.53 Å². The number of hydrogen-bond acceptors (Lipinski definition) is 3. The van der Waals surface area contributed by atoms with E-state index in [-0.39, 0.29) is 18.1 Å². The third kappa shape index (κ3) is 1.68. The summed E-state index contributed by atoms with van der Waals surface area (Å²) in [5.74, 6) is 0.0393. The minimum atomic E-state index is 0.0393. The summed E-state index contributed by atoms with van der Waals surface area (Å²) in [6.45, 7) is 0. The van der Waals surface area contributed by atoms with Crippen molar-refractivity contribution in [2.45, 2.75) is 37.5 Å². The summed E-state index contributed by atoms with van der Waals surface area (Å²) in [4.78, 5) is 11.8. The highest BCUT2D eigenvalue weighted by molar-refractivity contribution is 7.08. The molecule has 2 saturated heterocycles. The molecule has 0 aliphatic carbocycles. The number of carbonyl (C=O) groups excluding carboxylic acids is 1. The van der Waals surface area contributed by atoms with Gasteiger partial charge >= 0.3 is 0 Å². The largest absolute Gasteiger partial charge is 0.373 e. The van der Waals surface area contributed by atoms with E-state index < -0.39 is 0 Å². The molecule has 4 heteroatoms. The number of ether oxygens (including phenoxy) is 1. The van der Waals surface area contributed by atoms with Gasteiger partial charge < -0.3 is 10.1 Å². The molecule has 1 amide bonds. The van der Waals surface area contributed by atoms with Crippen LogP contribution in [-0.4, -0.2) is 24.2 Å². The van der Waals surface area contributed by atoms with Crippen molar-refractivity contribution in [1.29, 1.82) is 0 Å². The smallest absolute Gasteiger partial charge is 0.252 e. The maximum atomic E-state index is 11.8. The quantitative estimate of drug-likeness (QED) is 0.830. The maximum Gasteiger partial charge on any atom is 0.252 e. The second-order valence-corrected chi connectivity index (χ2v) is 4.98. The van der Waals surface area contributed by atoms with Crippen LogP contribution in [0, 0.1) is 0 Å². The Morgan fingerprint density at radius 1 is 1.53 bits per heavy atom. The average molecular weight is 223 g/mol. The fourth-order valence-corrected chi connectivity index (χ4v) is 3.07. The monoisotopic (exact) mass is 223 g/mol. The Balaban J connectivity index is 1.64. The third-order valence-corrected chi connectivity index (χ3v) is 3.89. The van der Waals surface area contributed by atoms with E-state index in [1.807, 2.05) is 16.8 Å². The molecule has 3 rings (SSSR count). The minimum Gasteiger partial charge on any atom is -0.373 e. The predicted octanol–water partition coefficient (Wildman–Crippen LogP) is 1.80. The third-order valence-electron chi connectivity index (χ3n) is 3.21. The number of rotatable bonds is 2. The van der Waals surface area contributed by atoms with E-state index in [9.17, 15) is 4.79 Å². The van der Waals surface area contributed by atoms with Gasteiger partial charge in [0.15, 0.2) is 0 Å². The molecule has 0 unspecified atom stereocenters. The van der Waals surface area contributed by atoms with Crippen molar-refractivity contribution in [2.75, 3.05) is 0 Å². The Hall–Kier alpha value is -0.870. The first-order valence-corrected chi connectivity index (χ1v) is 6.26. The Morgan fingerprint density at radius 2 is 2.47 bits per heavy atom. The van der Waals surface area contributed by atoms with Crippen LogP contribution >= 0.6 is 11.3 Å². The molecule has 0 spiro atoms. The first kappa shape index (κ1) is 9.36. The van der Waals surface area contributed by atoms with Gasteiger partial charge in [0, 0.05) is 10.9 Å². The van der Waals surface area contributed by atoms with E-state index in [1.54, 1.807) is 11.3 Å². The van der Waals surface area contributed by atoms with Gasteiger partial charge in [0.2, 0.25) is 0 Å². The van der Waals surface area contributed by atoms with Gasteiger partial charge in [-0.3, -0.25) is 4.79 Å². The van der Waals surface area contributed by atoms with Gasteiger partial charge in [-0.2, -0.15) is 11.3 Å². The van der Waals surface area contributed by atoms with Gasteiger partial charge in [-0.1, -0.05) is 0 Å². The second-order valence-electron chi connectivity index (χ2n) is 4.20. The van der Waals surface area contributed by atoms with Gasteiger partial charge in [-0.05, 0) is 30.7 Å². The van der Waals surface area contributed by atoms with Gasteiger partial charge in [-0.15, -0.1) is 0 Å². The van der Waals surface area contributed by atoms with Crippen molar-refractivity contribution in [1.82, 2.24) is 5.32 Å². The van der Waals surface area contributed by atoms with Gasteiger partial charge in [0.25, 0.3) is 5.91 Å². The van der Waals surface area contributed by atoms with E-state index in [0.717, 1.165) is 24.8 Å². The molecule has 3 atom stereocenters. The normalized spacial score (nSPS) is 33.2. The van der Waals surface area contributed by atoms with Crippen LogP contribution in [0.3, 0.4) is 0 Å². The number of carbonyl (C=O) groups is 1. The summed E-state index contributed by atoms with van der Waals surface area (Å²) < 4.78 is 5.69. The van der Waals surface area contributed by atoms with E-state index in [4.69, 9.17) is 4.74 Å². The Bertz CT molecular complexity index is 363. The average Bonchev–Trinajstić information content (AvgIpc) is 2.95. The summed E-state index contributed by atoms with van der Waals surface area (Å²) >= 11 is 1.55. The van der Waals surface area contributed by atoms with E-state index in [2.05, 4.69) is 5.32 Å². The van der Waals surface area contributed by atoms with Crippen molar-refractivity contribution in [3.8, 4) is 0 Å². The van der Waals surface area contributed by atoms with Crippen molar-refractivity contribution in [3.63, 3.8) is 0 Å². The molecule has 0 radical (unpaired) electrons. The molecule has 0 saturated carbocycles. The molecule has 3 heterocycles. The molecular formula is C11H13NO2S. The van der Waals surface area contributed by atoms with Gasteiger partial charge in [-0.25, -0.2) is 0 Å². The van der Waals surface area contributed by atoms with Crippen LogP contribution in [0.1, 0.15) is 29.6 Å². The molecular weight excluding hydrogens is 210 g/mol. The van der Waals surface area contributed by atoms with Crippen molar-refractivity contribution >= 4 is 17.2 Å². The molecule has 0 aromatic carbocycles. The summed E-state index contributed by atoms with van der Waals surface area (Å²) in [5.41, 5.74) is 0.766. The van der Waals surface area contributed by atoms with E-state index in [0.29, 0.717) is 6.10 Å². The predicted molar refractivity (Wildman–Crippen MR) is 58.1 cm³/mol. The molecule has 80 valence electrons. The van der Waals surface area contributed by atoms with Crippen LogP contribution in [0.15, 0.2) is 16.8 Å². The molecule has 3 nitrogen and oxygen atoms in total. The molecule has 2 aliphatic rings. The first-order valence-electron chi connectivity index (χ1n) is 5.31. The molecule has 1 N–H and O–H groups in total. The Morgan fingerprint density at radius 3 is 3.07 bits per heavy atom. The van der Waals surface area contributed by atoms with E-state index in [1.165, 1.54) is 0 Å². The lowest BCUT2D eigenvalue weighted by molar-refractivity contribution is 0.0841. The number of amides is 1. The lowest BCUT2D eigenvalue weighted by atomic mass is 9.95. The van der Waals surface area contributed by atoms with Crippen LogP contribution in [0.25, 0.3) is 0 Å². The number of fused-ring (bicyclic) bond motifs is 2. The number of nitrogens with one attached hydrogen (secondary N) is 1. The van der Waals surface area contributed by atoms with Crippen LogP contribution in [-0.2, 0) is 4.74 Å². The highest BCUT2D eigenvalue weighted by atomic mass is 32.1. The fourth-order valence-electron chi connectivity index (χ4n) is 2.44. The molecule has 2 fully saturated rings. The molecule has 2 bridgehead atoms. The summed E-state index contributed by atoms with van der Waals surface area (Å²) in [7, 11) is 0. The lowest BCUT2D eigenvalue weighted by Crippen LogP contribution is -2.41. The van der Waals surface area contributed by atoms with Crippen LogP contribution in [0.4, 0.5) is 0 Å². The highest BCUT2D eigenvalue weighted by Crippen LogP contribution is 2.34. The molecule has 1 aromatic heterocycles. The standard InChI is InChI=1S/C11H13NO2S/c13-11(7-3-4-15-6-7)12-9-5-8-1-2-10(9)14-8/h3-4,6,8-10H,1-2,5H2,(H,12,13)/t8-,9+,10+/m0/s1. The zero-order chi connectivity index (χ0) is 10.3.